The van der Waals surface area contributed by atoms with Crippen LogP contribution >= 0.6 is 0 Å². The summed E-state index contributed by atoms with van der Waals surface area (Å²) in [4.78, 5) is 33.7. The number of carbonyl (C=O) groups excluding carboxylic acids is 2. The Hall–Kier alpha value is -1.30. The van der Waals surface area contributed by atoms with Crippen LogP contribution in [-0.4, -0.2) is 35.3 Å². The Morgan fingerprint density at radius 1 is 0.846 bits per heavy atom. The van der Waals surface area contributed by atoms with Crippen molar-refractivity contribution in [1.82, 2.24) is 22.2 Å². The Morgan fingerprint density at radius 2 is 1.27 bits per heavy atom. The average Bonchev–Trinajstić information content (AvgIpc) is 3.48. The summed E-state index contributed by atoms with van der Waals surface area (Å²) < 4.78 is 11.1. The first kappa shape index (κ1) is 18.1. The molecular weight excluding hydrogens is 344 g/mol. The van der Waals surface area contributed by atoms with Gasteiger partial charge >= 0.3 is 11.9 Å². The first-order valence-electron chi connectivity index (χ1n) is 9.17. The van der Waals surface area contributed by atoms with E-state index in [0.29, 0.717) is 12.8 Å². The highest BCUT2D eigenvalue weighted by Gasteiger charge is 2.57. The monoisotopic (exact) mass is 370 g/mol. The molecule has 2 saturated heterocycles. The van der Waals surface area contributed by atoms with Gasteiger partial charge in [-0.05, 0) is 52.4 Å². The number of hydrazine groups is 3. The van der Waals surface area contributed by atoms with Crippen LogP contribution in [0.2, 0.25) is 0 Å². The molecule has 0 amide bonds. The molecule has 10 heteroatoms. The molecular formula is C16H26N4O6. The minimum atomic E-state index is -0.344. The smallest absolute Gasteiger partial charge is 0.329 e. The predicted molar refractivity (Wildman–Crippen MR) is 86.0 cm³/mol. The van der Waals surface area contributed by atoms with Crippen molar-refractivity contribution in [2.45, 2.75) is 75.8 Å². The van der Waals surface area contributed by atoms with Crippen LogP contribution < -0.4 is 22.2 Å². The van der Waals surface area contributed by atoms with Crippen molar-refractivity contribution in [3.63, 3.8) is 0 Å². The summed E-state index contributed by atoms with van der Waals surface area (Å²) in [6.07, 6.45) is 4.94. The molecule has 2 aliphatic carbocycles. The van der Waals surface area contributed by atoms with Crippen molar-refractivity contribution < 1.29 is 28.7 Å². The highest BCUT2D eigenvalue weighted by Crippen LogP contribution is 2.50. The summed E-state index contributed by atoms with van der Waals surface area (Å²) in [5, 5.41) is 0. The van der Waals surface area contributed by atoms with Crippen LogP contribution in [0, 0.1) is 11.8 Å². The fraction of sp³-hybridized carbons (Fsp3) is 0.875. The molecule has 0 bridgehead atoms. The Kier molecular flexibility index (Phi) is 4.66. The molecule has 0 spiro atoms. The van der Waals surface area contributed by atoms with Gasteiger partial charge in [0.1, 0.15) is 0 Å². The van der Waals surface area contributed by atoms with E-state index in [2.05, 4.69) is 36.1 Å². The van der Waals surface area contributed by atoms with Gasteiger partial charge in [0.15, 0.2) is 0 Å². The average molecular weight is 370 g/mol. The lowest BCUT2D eigenvalue weighted by Crippen LogP contribution is -2.52. The highest BCUT2D eigenvalue weighted by molar-refractivity contribution is 5.73. The van der Waals surface area contributed by atoms with Gasteiger partial charge in [-0.2, -0.15) is 0 Å². The van der Waals surface area contributed by atoms with Gasteiger partial charge in [0.05, 0.1) is 35.2 Å². The number of carbonyl (C=O) groups is 2. The lowest BCUT2D eigenvalue weighted by atomic mass is 9.83. The molecule has 4 rings (SSSR count). The minimum Gasteiger partial charge on any atom is -0.366 e. The third-order valence-corrected chi connectivity index (χ3v) is 6.18. The van der Waals surface area contributed by atoms with Crippen molar-refractivity contribution in [1.29, 1.82) is 0 Å². The SMILES string of the molecule is CC12CCC(C(=O)ONNNNOC(=O)C3CCC4(C)OC4C3)CC1O2. The van der Waals surface area contributed by atoms with Gasteiger partial charge in [-0.15, -0.1) is 11.1 Å². The van der Waals surface area contributed by atoms with Crippen LogP contribution in [0.5, 0.6) is 0 Å². The lowest BCUT2D eigenvalue weighted by molar-refractivity contribution is -0.168. The van der Waals surface area contributed by atoms with Crippen LogP contribution in [0.25, 0.3) is 0 Å². The number of rotatable bonds is 7. The first-order chi connectivity index (χ1) is 12.4. The van der Waals surface area contributed by atoms with Crippen molar-refractivity contribution in [3.05, 3.63) is 0 Å². The molecule has 0 aromatic rings. The quantitative estimate of drug-likeness (QED) is 0.275. The maximum atomic E-state index is 11.9. The van der Waals surface area contributed by atoms with E-state index in [1.807, 2.05) is 0 Å². The first-order valence-corrected chi connectivity index (χ1v) is 9.17. The van der Waals surface area contributed by atoms with E-state index in [0.717, 1.165) is 25.7 Å². The zero-order valence-electron chi connectivity index (χ0n) is 15.0. The summed E-state index contributed by atoms with van der Waals surface area (Å²) >= 11 is 0. The maximum absolute atomic E-state index is 11.9. The second-order valence-corrected chi connectivity index (χ2v) is 8.08. The predicted octanol–water partition coefficient (Wildman–Crippen LogP) is -0.0786. The summed E-state index contributed by atoms with van der Waals surface area (Å²) in [7, 11) is 0. The molecule has 10 nitrogen and oxygen atoms in total. The van der Waals surface area contributed by atoms with Crippen molar-refractivity contribution in [2.75, 3.05) is 0 Å². The van der Waals surface area contributed by atoms with E-state index in [1.54, 1.807) is 0 Å². The zero-order valence-corrected chi connectivity index (χ0v) is 15.0. The molecule has 0 aromatic heterocycles. The Morgan fingerprint density at radius 3 is 1.65 bits per heavy atom. The largest absolute Gasteiger partial charge is 0.366 e. The van der Waals surface area contributed by atoms with Crippen molar-refractivity contribution in [3.8, 4) is 0 Å². The number of hydrogen-bond acceptors (Lipinski definition) is 10. The molecule has 2 saturated carbocycles. The van der Waals surface area contributed by atoms with Crippen LogP contribution in [0.3, 0.4) is 0 Å². The van der Waals surface area contributed by atoms with Gasteiger partial charge in [-0.25, -0.2) is 9.59 Å². The number of hydrogen-bond donors (Lipinski definition) is 4. The summed E-state index contributed by atoms with van der Waals surface area (Å²) in [6.45, 7) is 4.14. The molecule has 2 heterocycles. The van der Waals surface area contributed by atoms with E-state index in [-0.39, 0.29) is 47.2 Å². The molecule has 4 aliphatic rings. The van der Waals surface area contributed by atoms with Crippen LogP contribution in [0.1, 0.15) is 52.4 Å². The molecule has 0 radical (unpaired) electrons. The van der Waals surface area contributed by atoms with Crippen molar-refractivity contribution >= 4 is 11.9 Å². The number of nitrogens with one attached hydrogen (secondary N) is 4. The molecule has 6 atom stereocenters. The third-order valence-electron chi connectivity index (χ3n) is 6.18. The van der Waals surface area contributed by atoms with Gasteiger partial charge in [0.2, 0.25) is 0 Å². The Labute approximate surface area is 151 Å². The van der Waals surface area contributed by atoms with Crippen molar-refractivity contribution in [2.24, 2.45) is 11.8 Å². The molecule has 2 aliphatic heterocycles. The third kappa shape index (κ3) is 3.71. The molecule has 146 valence electrons. The summed E-state index contributed by atoms with van der Waals surface area (Å²) in [5.41, 5.74) is 9.24. The molecule has 0 aromatic carbocycles. The molecule has 6 unspecified atom stereocenters. The second-order valence-electron chi connectivity index (χ2n) is 8.08. The van der Waals surface area contributed by atoms with Gasteiger partial charge in [-0.3, -0.25) is 0 Å². The minimum absolute atomic E-state index is 0.0274. The molecule has 4 N–H and O–H groups in total. The standard InChI is InChI=1S/C16H26N4O6/c1-15-5-3-9(7-11(15)23-15)13(21)25-19-17-18-20-26-14(22)10-4-6-16(2)12(8-10)24-16/h9-12,17-20H,3-8H2,1-2H3. The van der Waals surface area contributed by atoms with E-state index in [1.165, 1.54) is 0 Å². The van der Waals surface area contributed by atoms with E-state index in [9.17, 15) is 9.59 Å². The number of fused-ring (bicyclic) bond motifs is 2. The van der Waals surface area contributed by atoms with Crippen LogP contribution in [0.15, 0.2) is 0 Å². The van der Waals surface area contributed by atoms with Crippen LogP contribution in [0.4, 0.5) is 0 Å². The normalized spacial score (nSPS) is 43.0. The fourth-order valence-corrected chi connectivity index (χ4v) is 4.09. The molecule has 4 fully saturated rings. The van der Waals surface area contributed by atoms with Gasteiger partial charge in [-0.1, -0.05) is 11.2 Å². The second kappa shape index (κ2) is 6.70. The van der Waals surface area contributed by atoms with Gasteiger partial charge in [0.25, 0.3) is 0 Å². The Bertz CT molecular complexity index is 541. The molecule has 26 heavy (non-hydrogen) atoms. The summed E-state index contributed by atoms with van der Waals surface area (Å²) in [5.74, 6) is -1.03. The summed E-state index contributed by atoms with van der Waals surface area (Å²) in [6, 6.07) is 0. The maximum Gasteiger partial charge on any atom is 0.329 e. The number of epoxide rings is 2. The van der Waals surface area contributed by atoms with Crippen LogP contribution in [-0.2, 0) is 28.7 Å². The number of ether oxygens (including phenoxy) is 2. The van der Waals surface area contributed by atoms with E-state index < -0.39 is 0 Å². The topological polar surface area (TPSA) is 126 Å². The fourth-order valence-electron chi connectivity index (χ4n) is 4.09. The van der Waals surface area contributed by atoms with E-state index in [4.69, 9.17) is 19.1 Å². The highest BCUT2D eigenvalue weighted by atomic mass is 16.7. The lowest BCUT2D eigenvalue weighted by Gasteiger charge is -2.21. The zero-order chi connectivity index (χ0) is 18.4. The van der Waals surface area contributed by atoms with Gasteiger partial charge in [0, 0.05) is 0 Å². The van der Waals surface area contributed by atoms with Gasteiger partial charge < -0.3 is 19.1 Å². The van der Waals surface area contributed by atoms with E-state index >= 15 is 0 Å². The Balaban J connectivity index is 1.04.